The highest BCUT2D eigenvalue weighted by Crippen LogP contribution is 2.42. The third kappa shape index (κ3) is 8.65. The maximum absolute atomic E-state index is 7.44. The first-order valence-corrected chi connectivity index (χ1v) is 22.3. The summed E-state index contributed by atoms with van der Waals surface area (Å²) < 4.78 is 7.44. The maximum Gasteiger partial charge on any atom is 0.145 e. The van der Waals surface area contributed by atoms with Crippen molar-refractivity contribution in [1.29, 1.82) is 0 Å². The Morgan fingerprint density at radius 2 is 1.26 bits per heavy atom. The van der Waals surface area contributed by atoms with E-state index >= 15 is 0 Å². The van der Waals surface area contributed by atoms with Crippen LogP contribution in [0.1, 0.15) is 41.8 Å². The molecule has 2 N–H and O–H groups in total. The van der Waals surface area contributed by atoms with Crippen molar-refractivity contribution in [2.75, 3.05) is 0 Å². The molecular formula is C62H52N2O. The number of benzene rings is 5. The summed E-state index contributed by atoms with van der Waals surface area (Å²) in [5.74, 6) is 0.343. The molecule has 5 aromatic carbocycles. The first kappa shape index (κ1) is 42.2. The van der Waals surface area contributed by atoms with Gasteiger partial charge in [0.2, 0.25) is 0 Å². The highest BCUT2D eigenvalue weighted by molar-refractivity contribution is 6.22. The number of nitrogens with one attached hydrogen (secondary N) is 2. The molecule has 0 aliphatic heterocycles. The Morgan fingerprint density at radius 1 is 0.631 bits per heavy atom. The minimum Gasteiger partial charge on any atom is -0.455 e. The Hall–Kier alpha value is -8.14. The van der Waals surface area contributed by atoms with Gasteiger partial charge in [0.05, 0.1) is 0 Å². The van der Waals surface area contributed by atoms with Gasteiger partial charge in [-0.15, -0.1) is 0 Å². The van der Waals surface area contributed by atoms with Gasteiger partial charge in [-0.25, -0.2) is 0 Å². The second-order valence-electron chi connectivity index (χ2n) is 16.4. The van der Waals surface area contributed by atoms with Gasteiger partial charge in [0.25, 0.3) is 0 Å². The van der Waals surface area contributed by atoms with Gasteiger partial charge in [-0.05, 0) is 135 Å². The molecule has 3 aromatic heterocycles. The number of H-pyrrole nitrogens is 2. The summed E-state index contributed by atoms with van der Waals surface area (Å²) in [6.07, 6.45) is 21.3. The number of aromatic nitrogens is 2. The molecule has 0 amide bonds. The fourth-order valence-corrected chi connectivity index (χ4v) is 9.01. The summed E-state index contributed by atoms with van der Waals surface area (Å²) in [7, 11) is 0. The lowest BCUT2D eigenvalue weighted by Gasteiger charge is -2.16. The van der Waals surface area contributed by atoms with Crippen molar-refractivity contribution in [3.63, 3.8) is 0 Å². The van der Waals surface area contributed by atoms with Crippen LogP contribution < -0.4 is 0 Å². The van der Waals surface area contributed by atoms with Gasteiger partial charge < -0.3 is 14.4 Å². The van der Waals surface area contributed by atoms with Crippen molar-refractivity contribution in [1.82, 2.24) is 9.97 Å². The molecular weight excluding hydrogens is 789 g/mol. The van der Waals surface area contributed by atoms with Crippen LogP contribution >= 0.6 is 0 Å². The highest BCUT2D eigenvalue weighted by atomic mass is 16.3. The van der Waals surface area contributed by atoms with Gasteiger partial charge in [-0.3, -0.25) is 0 Å². The summed E-state index contributed by atoms with van der Waals surface area (Å²) in [5.41, 5.74) is 15.3. The van der Waals surface area contributed by atoms with Crippen LogP contribution in [0.5, 0.6) is 0 Å². The summed E-state index contributed by atoms with van der Waals surface area (Å²) in [4.78, 5) is 7.36. The number of rotatable bonds is 8. The van der Waals surface area contributed by atoms with E-state index in [-0.39, 0.29) is 0 Å². The average molecular weight is 841 g/mol. The normalized spacial score (nSPS) is 13.3. The van der Waals surface area contributed by atoms with E-state index in [2.05, 4.69) is 213 Å². The molecule has 3 heteroatoms. The second kappa shape index (κ2) is 19.1. The Balaban J connectivity index is 1.47. The van der Waals surface area contributed by atoms with Crippen molar-refractivity contribution in [2.24, 2.45) is 5.92 Å². The summed E-state index contributed by atoms with van der Waals surface area (Å²) in [5, 5.41) is 5.04. The molecule has 3 heterocycles. The number of hydrogen-bond donors (Lipinski definition) is 2. The van der Waals surface area contributed by atoms with E-state index in [0.29, 0.717) is 5.92 Å². The molecule has 316 valence electrons. The zero-order valence-electron chi connectivity index (χ0n) is 37.0. The number of aromatic amines is 2. The molecule has 1 unspecified atom stereocenters. The van der Waals surface area contributed by atoms with E-state index in [1.54, 1.807) is 0 Å². The molecule has 0 radical (unpaired) electrons. The van der Waals surface area contributed by atoms with Gasteiger partial charge >= 0.3 is 0 Å². The van der Waals surface area contributed by atoms with Gasteiger partial charge in [0, 0.05) is 50.7 Å². The largest absolute Gasteiger partial charge is 0.455 e. The number of fused-ring (bicyclic) bond motifs is 9. The smallest absolute Gasteiger partial charge is 0.145 e. The van der Waals surface area contributed by atoms with Gasteiger partial charge in [-0.2, -0.15) is 0 Å². The number of allylic oxidation sites excluding steroid dienone is 6. The molecule has 0 saturated heterocycles. The van der Waals surface area contributed by atoms with Crippen molar-refractivity contribution in [3.8, 4) is 33.4 Å². The van der Waals surface area contributed by atoms with Gasteiger partial charge in [0.1, 0.15) is 11.2 Å². The molecule has 1 aliphatic carbocycles. The first-order valence-electron chi connectivity index (χ1n) is 22.3. The zero-order chi connectivity index (χ0) is 44.7. The Kier molecular flexibility index (Phi) is 12.4. The van der Waals surface area contributed by atoms with Crippen molar-refractivity contribution in [3.05, 3.63) is 242 Å². The van der Waals surface area contributed by atoms with Crippen LogP contribution in [0.25, 0.3) is 101 Å². The van der Waals surface area contributed by atoms with Gasteiger partial charge in [0.15, 0.2) is 0 Å². The fourth-order valence-electron chi connectivity index (χ4n) is 9.01. The standard InChI is InChI=1S/C62H52N2O/c1-6-19-43(8-3)47-33-36-64-58-32-31-56-55-30-28-49-40-50(45-23-15-11-16-24-45)39-48(44-21-13-10-14-22-44)34-35-63-57(20-7-2)53(9-4)59(49)61(55)65-62(56)60(58)54-29-27-42(5)37-52(54)41-51(38-47)46-25-17-12-18-26-46/h6-36,38-42,63-64H,1,3-4,37H2,2,5H3/b20-7-,35-34?,36-33?,43-19+,47-38?,48-39?,50-40?,51-41?,57-53?. The molecule has 8 aromatic rings. The zero-order valence-corrected chi connectivity index (χ0v) is 37.0. The van der Waals surface area contributed by atoms with Gasteiger partial charge in [-0.1, -0.05) is 172 Å². The molecule has 0 spiro atoms. The summed E-state index contributed by atoms with van der Waals surface area (Å²) >= 11 is 0. The highest BCUT2D eigenvalue weighted by Gasteiger charge is 2.20. The molecule has 65 heavy (non-hydrogen) atoms. The third-order valence-corrected chi connectivity index (χ3v) is 12.1. The van der Waals surface area contributed by atoms with E-state index in [4.69, 9.17) is 4.42 Å². The van der Waals surface area contributed by atoms with Crippen LogP contribution in [-0.2, 0) is 6.42 Å². The predicted molar refractivity (Wildman–Crippen MR) is 282 cm³/mol. The number of furan rings is 1. The van der Waals surface area contributed by atoms with Crippen LogP contribution in [0.2, 0.25) is 0 Å². The van der Waals surface area contributed by atoms with E-state index in [9.17, 15) is 0 Å². The molecule has 1 atom stereocenters. The van der Waals surface area contributed by atoms with E-state index in [1.807, 2.05) is 43.6 Å². The lowest BCUT2D eigenvalue weighted by molar-refractivity contribution is 0.676. The first-order chi connectivity index (χ1) is 32.0. The molecule has 3 nitrogen and oxygen atoms in total. The fraction of sp³-hybridized carbons (Fsp3) is 0.0645. The predicted octanol–water partition coefficient (Wildman–Crippen LogP) is 17.6. The minimum atomic E-state index is 0.343. The Bertz CT molecular complexity index is 3410. The quantitative estimate of drug-likeness (QED) is 0.147. The Morgan fingerprint density at radius 3 is 1.91 bits per heavy atom. The lowest BCUT2D eigenvalue weighted by Crippen LogP contribution is -2.03. The number of hydrogen-bond acceptors (Lipinski definition) is 1. The third-order valence-electron chi connectivity index (χ3n) is 12.1. The summed E-state index contributed by atoms with van der Waals surface area (Å²) in [6, 6.07) is 53.9. The second-order valence-corrected chi connectivity index (χ2v) is 16.4. The molecule has 1 aliphatic rings. The van der Waals surface area contributed by atoms with Crippen LogP contribution in [-0.4, -0.2) is 9.97 Å². The minimum absolute atomic E-state index is 0.343. The van der Waals surface area contributed by atoms with E-state index in [1.165, 1.54) is 5.56 Å². The molecule has 0 saturated carbocycles. The van der Waals surface area contributed by atoms with E-state index in [0.717, 1.165) is 111 Å². The SMILES string of the molecule is C=C/C=C(\C=C)c1cc[nH]c2ccc3c4ccc5cc(-c6ccccc6)cc(-c6ccccc6)cc[nH]c(/C=C\C)c(C=C)c5c4oc3c2c2c(cc(-c3ccccc3)c1)CC(C)C=C2. The lowest BCUT2D eigenvalue weighted by atomic mass is 9.88. The monoisotopic (exact) mass is 840 g/mol. The maximum atomic E-state index is 7.44. The summed E-state index contributed by atoms with van der Waals surface area (Å²) in [6.45, 7) is 16.9. The van der Waals surface area contributed by atoms with Crippen LogP contribution in [0.15, 0.2) is 219 Å². The van der Waals surface area contributed by atoms with Crippen LogP contribution in [0.4, 0.5) is 0 Å². The average Bonchev–Trinajstić information content (AvgIpc) is 3.70. The van der Waals surface area contributed by atoms with Crippen molar-refractivity contribution < 1.29 is 4.42 Å². The topological polar surface area (TPSA) is 44.7 Å². The molecule has 0 fully saturated rings. The Labute approximate surface area is 381 Å². The molecule has 0 bridgehead atoms. The van der Waals surface area contributed by atoms with Crippen molar-refractivity contribution in [2.45, 2.75) is 20.3 Å². The van der Waals surface area contributed by atoms with E-state index < -0.39 is 0 Å². The van der Waals surface area contributed by atoms with Crippen molar-refractivity contribution >= 4 is 67.4 Å². The molecule has 9 rings (SSSR count). The van der Waals surface area contributed by atoms with Crippen LogP contribution in [0, 0.1) is 5.92 Å². The van der Waals surface area contributed by atoms with Crippen LogP contribution in [0.3, 0.4) is 0 Å².